The second-order valence-electron chi connectivity index (χ2n) is 8.77. The van der Waals surface area contributed by atoms with Crippen LogP contribution in [-0.2, 0) is 16.0 Å². The van der Waals surface area contributed by atoms with Crippen molar-refractivity contribution in [3.8, 4) is 11.1 Å². The van der Waals surface area contributed by atoms with Crippen molar-refractivity contribution in [1.29, 1.82) is 0 Å². The summed E-state index contributed by atoms with van der Waals surface area (Å²) in [6.45, 7) is 5.09. The number of ether oxygens (including phenoxy) is 1. The highest BCUT2D eigenvalue weighted by Crippen LogP contribution is 2.29. The van der Waals surface area contributed by atoms with Crippen LogP contribution < -0.4 is 10.6 Å². The molecule has 1 aromatic carbocycles. The Morgan fingerprint density at radius 3 is 2.88 bits per heavy atom. The Bertz CT molecular complexity index is 1150. The van der Waals surface area contributed by atoms with E-state index in [0.29, 0.717) is 25.5 Å². The van der Waals surface area contributed by atoms with Crippen LogP contribution >= 0.6 is 0 Å². The highest BCUT2D eigenvalue weighted by molar-refractivity contribution is 5.96. The van der Waals surface area contributed by atoms with Gasteiger partial charge < -0.3 is 15.4 Å². The second kappa shape index (κ2) is 9.29. The molecule has 4 heterocycles. The number of anilines is 2. The minimum Gasteiger partial charge on any atom is -0.384 e. The molecule has 0 aliphatic carbocycles. The molecule has 33 heavy (non-hydrogen) atoms. The smallest absolute Gasteiger partial charge is 0.241 e. The molecule has 5 rings (SSSR count). The molecular weight excluding hydrogens is 414 g/mol. The number of pyridine rings is 2. The molecule has 2 N–H and O–H groups in total. The monoisotopic (exact) mass is 443 g/mol. The molecule has 1 amide bonds. The molecule has 7 heteroatoms. The molecule has 0 bridgehead atoms. The van der Waals surface area contributed by atoms with E-state index in [1.807, 2.05) is 36.1 Å². The summed E-state index contributed by atoms with van der Waals surface area (Å²) >= 11 is 0. The van der Waals surface area contributed by atoms with E-state index in [9.17, 15) is 4.79 Å². The van der Waals surface area contributed by atoms with Gasteiger partial charge in [0.1, 0.15) is 11.9 Å². The predicted octanol–water partition coefficient (Wildman–Crippen LogP) is 3.39. The molecule has 1 atom stereocenters. The van der Waals surface area contributed by atoms with Gasteiger partial charge in [0.15, 0.2) is 0 Å². The highest BCUT2D eigenvalue weighted by atomic mass is 16.5. The summed E-state index contributed by atoms with van der Waals surface area (Å²) in [6, 6.07) is 16.1. The van der Waals surface area contributed by atoms with Crippen LogP contribution in [0.5, 0.6) is 0 Å². The Labute approximate surface area is 194 Å². The van der Waals surface area contributed by atoms with Crippen LogP contribution in [0.3, 0.4) is 0 Å². The fourth-order valence-corrected chi connectivity index (χ4v) is 4.70. The van der Waals surface area contributed by atoms with E-state index in [0.717, 1.165) is 54.1 Å². The number of hydrogen-bond acceptors (Lipinski definition) is 6. The maximum atomic E-state index is 13.2. The van der Waals surface area contributed by atoms with E-state index < -0.39 is 0 Å². The molecule has 0 spiro atoms. The zero-order valence-corrected chi connectivity index (χ0v) is 18.9. The van der Waals surface area contributed by atoms with Crippen molar-refractivity contribution >= 4 is 17.4 Å². The quantitative estimate of drug-likeness (QED) is 0.665. The minimum absolute atomic E-state index is 0.147. The van der Waals surface area contributed by atoms with Gasteiger partial charge in [0.05, 0.1) is 18.8 Å². The number of rotatable bonds is 4. The lowest BCUT2D eigenvalue weighted by Crippen LogP contribution is -2.47. The van der Waals surface area contributed by atoms with Gasteiger partial charge >= 0.3 is 0 Å². The van der Waals surface area contributed by atoms with Crippen LogP contribution in [0.25, 0.3) is 11.1 Å². The van der Waals surface area contributed by atoms with Gasteiger partial charge in [-0.1, -0.05) is 18.2 Å². The molecule has 0 saturated carbocycles. The number of aromatic nitrogens is 2. The van der Waals surface area contributed by atoms with E-state index >= 15 is 0 Å². The summed E-state index contributed by atoms with van der Waals surface area (Å²) in [5.74, 6) is 0.644. The summed E-state index contributed by atoms with van der Waals surface area (Å²) in [4.78, 5) is 26.3. The number of hydrogen-bond donors (Lipinski definition) is 1. The lowest BCUT2D eigenvalue weighted by Gasteiger charge is -2.35. The Balaban J connectivity index is 1.30. The van der Waals surface area contributed by atoms with Crippen molar-refractivity contribution in [2.45, 2.75) is 25.9 Å². The molecule has 2 aromatic heterocycles. The Morgan fingerprint density at radius 1 is 1.15 bits per heavy atom. The third kappa shape index (κ3) is 4.74. The first kappa shape index (κ1) is 21.6. The van der Waals surface area contributed by atoms with Gasteiger partial charge in [-0.2, -0.15) is 0 Å². The number of benzene rings is 1. The number of carbonyl (C=O) groups excluding carboxylic acids is 1. The van der Waals surface area contributed by atoms with Crippen LogP contribution in [0.4, 0.5) is 11.5 Å². The average molecular weight is 444 g/mol. The molecule has 2 aliphatic heterocycles. The Kier molecular flexibility index (Phi) is 6.07. The molecule has 2 aliphatic rings. The topological polar surface area (TPSA) is 84.6 Å². The van der Waals surface area contributed by atoms with E-state index in [-0.39, 0.29) is 12.0 Å². The standard InChI is InChI=1S/C26H29N5O2/c1-18-13-21(20-8-9-25(27)28-15-20)14-22(29-18)24-16-30(11-12-33-24)17-26(32)31-10-4-6-19-5-2-3-7-23(19)31/h2-3,5,7-9,13-15,24H,4,6,10-12,16-17H2,1H3,(H2,27,28). The molecule has 7 nitrogen and oxygen atoms in total. The van der Waals surface area contributed by atoms with Crippen molar-refractivity contribution in [2.75, 3.05) is 43.4 Å². The van der Waals surface area contributed by atoms with Gasteiger partial charge in [0.25, 0.3) is 0 Å². The van der Waals surface area contributed by atoms with E-state index in [2.05, 4.69) is 28.1 Å². The maximum Gasteiger partial charge on any atom is 0.241 e. The molecule has 1 unspecified atom stereocenters. The van der Waals surface area contributed by atoms with Crippen molar-refractivity contribution in [3.63, 3.8) is 0 Å². The third-order valence-electron chi connectivity index (χ3n) is 6.34. The number of nitrogens with two attached hydrogens (primary N) is 1. The number of nitrogen functional groups attached to an aromatic ring is 1. The first-order chi connectivity index (χ1) is 16.1. The first-order valence-corrected chi connectivity index (χ1v) is 11.5. The third-order valence-corrected chi connectivity index (χ3v) is 6.34. The van der Waals surface area contributed by atoms with Crippen LogP contribution in [0, 0.1) is 6.92 Å². The molecule has 170 valence electrons. The number of morpholine rings is 1. The normalized spacial score (nSPS) is 18.7. The predicted molar refractivity (Wildman–Crippen MR) is 129 cm³/mol. The molecular formula is C26H29N5O2. The summed E-state index contributed by atoms with van der Waals surface area (Å²) in [5.41, 5.74) is 11.9. The lowest BCUT2D eigenvalue weighted by atomic mass is 10.0. The van der Waals surface area contributed by atoms with Crippen LogP contribution in [0.1, 0.15) is 29.5 Å². The van der Waals surface area contributed by atoms with Crippen molar-refractivity contribution < 1.29 is 9.53 Å². The minimum atomic E-state index is -0.180. The van der Waals surface area contributed by atoms with E-state index in [4.69, 9.17) is 15.5 Å². The first-order valence-electron chi connectivity index (χ1n) is 11.5. The average Bonchev–Trinajstić information content (AvgIpc) is 2.84. The highest BCUT2D eigenvalue weighted by Gasteiger charge is 2.28. The Hall–Kier alpha value is -3.29. The molecule has 3 aromatic rings. The summed E-state index contributed by atoms with van der Waals surface area (Å²) in [7, 11) is 0. The van der Waals surface area contributed by atoms with E-state index in [1.165, 1.54) is 5.56 Å². The zero-order valence-electron chi connectivity index (χ0n) is 18.9. The second-order valence-corrected chi connectivity index (χ2v) is 8.77. The van der Waals surface area contributed by atoms with E-state index in [1.54, 1.807) is 12.3 Å². The number of aryl methyl sites for hydroxylation is 2. The van der Waals surface area contributed by atoms with Gasteiger partial charge in [-0.15, -0.1) is 0 Å². The van der Waals surface area contributed by atoms with Gasteiger partial charge in [-0.05, 0) is 61.2 Å². The van der Waals surface area contributed by atoms with Crippen LogP contribution in [0.2, 0.25) is 0 Å². The maximum absolute atomic E-state index is 13.2. The molecule has 1 fully saturated rings. The van der Waals surface area contributed by atoms with Gasteiger partial charge in [0, 0.05) is 42.8 Å². The summed E-state index contributed by atoms with van der Waals surface area (Å²) in [6.07, 6.45) is 3.63. The van der Waals surface area contributed by atoms with Gasteiger partial charge in [-0.25, -0.2) is 4.98 Å². The fraction of sp³-hybridized carbons (Fsp3) is 0.346. The number of amides is 1. The van der Waals surface area contributed by atoms with Crippen LogP contribution in [0.15, 0.2) is 54.7 Å². The number of fused-ring (bicyclic) bond motifs is 1. The summed E-state index contributed by atoms with van der Waals surface area (Å²) in [5, 5.41) is 0. The number of carbonyl (C=O) groups is 1. The van der Waals surface area contributed by atoms with Gasteiger partial charge in [-0.3, -0.25) is 14.7 Å². The van der Waals surface area contributed by atoms with Crippen molar-refractivity contribution in [3.05, 3.63) is 71.7 Å². The Morgan fingerprint density at radius 2 is 2.03 bits per heavy atom. The largest absolute Gasteiger partial charge is 0.384 e. The van der Waals surface area contributed by atoms with Crippen LogP contribution in [-0.4, -0.2) is 53.6 Å². The zero-order chi connectivity index (χ0) is 22.8. The molecule has 0 radical (unpaired) electrons. The number of nitrogens with zero attached hydrogens (tertiary/aromatic N) is 4. The lowest BCUT2D eigenvalue weighted by molar-refractivity contribution is -0.122. The SMILES string of the molecule is Cc1cc(-c2ccc(N)nc2)cc(C2CN(CC(=O)N3CCCc4ccccc43)CCO2)n1. The van der Waals surface area contributed by atoms with Crippen molar-refractivity contribution in [2.24, 2.45) is 0 Å². The van der Waals surface area contributed by atoms with Crippen molar-refractivity contribution in [1.82, 2.24) is 14.9 Å². The fourth-order valence-electron chi connectivity index (χ4n) is 4.70. The van der Waals surface area contributed by atoms with Gasteiger partial charge in [0.2, 0.25) is 5.91 Å². The number of para-hydroxylation sites is 1. The summed E-state index contributed by atoms with van der Waals surface area (Å²) < 4.78 is 6.08. The molecule has 1 saturated heterocycles.